The van der Waals surface area contributed by atoms with Gasteiger partial charge in [-0.3, -0.25) is 9.59 Å². The minimum atomic E-state index is -0.188. The molecule has 1 N–H and O–H groups in total. The number of carbonyl (C=O) groups is 1. The first-order chi connectivity index (χ1) is 14.1. The number of anilines is 1. The third-order valence-corrected chi connectivity index (χ3v) is 4.65. The van der Waals surface area contributed by atoms with E-state index in [1.165, 1.54) is 16.3 Å². The van der Waals surface area contributed by atoms with E-state index in [0.29, 0.717) is 25.1 Å². The summed E-state index contributed by atoms with van der Waals surface area (Å²) >= 11 is 0. The van der Waals surface area contributed by atoms with Crippen molar-refractivity contribution in [1.82, 2.24) is 9.78 Å². The van der Waals surface area contributed by atoms with E-state index in [4.69, 9.17) is 4.74 Å². The molecule has 0 aliphatic heterocycles. The second-order valence-electron chi connectivity index (χ2n) is 6.71. The molecule has 0 aliphatic carbocycles. The van der Waals surface area contributed by atoms with E-state index in [0.717, 1.165) is 23.4 Å². The van der Waals surface area contributed by atoms with Crippen molar-refractivity contribution >= 4 is 11.6 Å². The lowest BCUT2D eigenvalue weighted by Gasteiger charge is -2.09. The van der Waals surface area contributed by atoms with Gasteiger partial charge in [0.25, 0.3) is 5.56 Å². The van der Waals surface area contributed by atoms with Crippen molar-refractivity contribution in [3.63, 3.8) is 0 Å². The Hall–Kier alpha value is -3.41. The van der Waals surface area contributed by atoms with E-state index in [-0.39, 0.29) is 11.5 Å². The molecule has 0 saturated carbocycles. The third kappa shape index (κ3) is 5.54. The van der Waals surface area contributed by atoms with Crippen molar-refractivity contribution in [3.8, 4) is 17.0 Å². The summed E-state index contributed by atoms with van der Waals surface area (Å²) in [5.41, 5.74) is 3.37. The van der Waals surface area contributed by atoms with Crippen LogP contribution in [-0.4, -0.2) is 22.8 Å². The number of amides is 1. The minimum Gasteiger partial charge on any atom is -0.497 e. The molecule has 6 heteroatoms. The van der Waals surface area contributed by atoms with E-state index in [1.54, 1.807) is 13.2 Å². The molecule has 3 aromatic rings. The third-order valence-electron chi connectivity index (χ3n) is 4.65. The number of ether oxygens (including phenoxy) is 1. The Labute approximate surface area is 170 Å². The maximum absolute atomic E-state index is 12.2. The molecular formula is C23H25N3O3. The zero-order valence-electron chi connectivity index (χ0n) is 16.7. The van der Waals surface area contributed by atoms with Crippen LogP contribution in [-0.2, 0) is 17.8 Å². The molecule has 0 radical (unpaired) electrons. The van der Waals surface area contributed by atoms with Crippen molar-refractivity contribution in [2.45, 2.75) is 32.7 Å². The normalized spacial score (nSPS) is 10.6. The predicted molar refractivity (Wildman–Crippen MR) is 114 cm³/mol. The largest absolute Gasteiger partial charge is 0.497 e. The number of hydrogen-bond donors (Lipinski definition) is 1. The lowest BCUT2D eigenvalue weighted by Crippen LogP contribution is -2.23. The first-order valence-electron chi connectivity index (χ1n) is 9.70. The molecule has 0 bridgehead atoms. The number of hydrogen-bond acceptors (Lipinski definition) is 4. The van der Waals surface area contributed by atoms with E-state index in [2.05, 4.69) is 17.3 Å². The molecule has 0 aliphatic rings. The highest BCUT2D eigenvalue weighted by molar-refractivity contribution is 5.90. The molecule has 0 fully saturated rings. The fourth-order valence-corrected chi connectivity index (χ4v) is 2.98. The van der Waals surface area contributed by atoms with Crippen LogP contribution < -0.4 is 15.6 Å². The molecule has 0 unspecified atom stereocenters. The van der Waals surface area contributed by atoms with Gasteiger partial charge in [-0.1, -0.05) is 31.2 Å². The number of benzene rings is 2. The molecular weight excluding hydrogens is 366 g/mol. The summed E-state index contributed by atoms with van der Waals surface area (Å²) in [7, 11) is 1.61. The molecule has 1 aromatic heterocycles. The number of nitrogens with zero attached hydrogens (tertiary/aromatic N) is 2. The summed E-state index contributed by atoms with van der Waals surface area (Å²) in [5, 5.41) is 7.32. The van der Waals surface area contributed by atoms with Crippen molar-refractivity contribution in [1.29, 1.82) is 0 Å². The lowest BCUT2D eigenvalue weighted by molar-refractivity contribution is -0.116. The Morgan fingerprint density at radius 2 is 1.90 bits per heavy atom. The monoisotopic (exact) mass is 391 g/mol. The van der Waals surface area contributed by atoms with Gasteiger partial charge < -0.3 is 10.1 Å². The molecule has 3 rings (SSSR count). The van der Waals surface area contributed by atoms with Crippen molar-refractivity contribution < 1.29 is 9.53 Å². The highest BCUT2D eigenvalue weighted by Crippen LogP contribution is 2.21. The molecule has 0 spiro atoms. The Morgan fingerprint density at radius 3 is 2.62 bits per heavy atom. The maximum Gasteiger partial charge on any atom is 0.266 e. The van der Waals surface area contributed by atoms with E-state index in [9.17, 15) is 9.59 Å². The topological polar surface area (TPSA) is 73.2 Å². The van der Waals surface area contributed by atoms with Crippen molar-refractivity contribution in [2.24, 2.45) is 0 Å². The molecule has 29 heavy (non-hydrogen) atoms. The van der Waals surface area contributed by atoms with E-state index in [1.807, 2.05) is 48.5 Å². The zero-order valence-corrected chi connectivity index (χ0v) is 16.7. The summed E-state index contributed by atoms with van der Waals surface area (Å²) in [4.78, 5) is 24.3. The van der Waals surface area contributed by atoms with Gasteiger partial charge in [0.15, 0.2) is 0 Å². The number of nitrogens with one attached hydrogen (secondary N) is 1. The quantitative estimate of drug-likeness (QED) is 0.632. The number of aromatic nitrogens is 2. The van der Waals surface area contributed by atoms with Crippen LogP contribution in [0.4, 0.5) is 5.69 Å². The van der Waals surface area contributed by atoms with Crippen LogP contribution in [0.25, 0.3) is 11.3 Å². The summed E-state index contributed by atoms with van der Waals surface area (Å²) in [6.07, 6.45) is 1.80. The molecule has 1 heterocycles. The second-order valence-corrected chi connectivity index (χ2v) is 6.71. The van der Waals surface area contributed by atoms with Gasteiger partial charge in [-0.15, -0.1) is 0 Å². The lowest BCUT2D eigenvalue weighted by atomic mass is 10.1. The molecule has 2 aromatic carbocycles. The zero-order chi connectivity index (χ0) is 20.6. The molecule has 150 valence electrons. The van der Waals surface area contributed by atoms with E-state index >= 15 is 0 Å². The van der Waals surface area contributed by atoms with Gasteiger partial charge in [-0.25, -0.2) is 4.68 Å². The summed E-state index contributed by atoms with van der Waals surface area (Å²) < 4.78 is 6.64. The van der Waals surface area contributed by atoms with Crippen LogP contribution >= 0.6 is 0 Å². The highest BCUT2D eigenvalue weighted by Gasteiger charge is 2.07. The summed E-state index contributed by atoms with van der Waals surface area (Å²) in [5.74, 6) is 0.650. The number of carbonyl (C=O) groups excluding carboxylic acids is 1. The maximum atomic E-state index is 12.2. The molecule has 6 nitrogen and oxygen atoms in total. The van der Waals surface area contributed by atoms with Crippen molar-refractivity contribution in [3.05, 3.63) is 76.6 Å². The van der Waals surface area contributed by atoms with Gasteiger partial charge in [0.05, 0.1) is 12.8 Å². The highest BCUT2D eigenvalue weighted by atomic mass is 16.5. The fourth-order valence-electron chi connectivity index (χ4n) is 2.98. The molecule has 1 amide bonds. The number of methoxy groups -OCH3 is 1. The minimum absolute atomic E-state index is 0.0775. The first kappa shape index (κ1) is 20.3. The Balaban J connectivity index is 1.59. The fraction of sp³-hybridized carbons (Fsp3) is 0.261. The predicted octanol–water partition coefficient (Wildman–Crippen LogP) is 3.90. The smallest absolute Gasteiger partial charge is 0.266 e. The number of aryl methyl sites for hydroxylation is 2. The standard InChI is InChI=1S/C23H25N3O3/c1-3-17-9-11-19(12-10-17)24-22(27)8-5-15-26-23(28)14-13-21(25-26)18-6-4-7-20(16-18)29-2/h4,6-7,9-14,16H,3,5,8,15H2,1-2H3,(H,24,27). The first-order valence-corrected chi connectivity index (χ1v) is 9.70. The van der Waals surface area contributed by atoms with Crippen LogP contribution in [0.5, 0.6) is 5.75 Å². The van der Waals surface area contributed by atoms with Crippen molar-refractivity contribution in [2.75, 3.05) is 12.4 Å². The van der Waals surface area contributed by atoms with Gasteiger partial charge in [-0.2, -0.15) is 5.10 Å². The van der Waals surface area contributed by atoms with Crippen LogP contribution in [0, 0.1) is 0 Å². The summed E-state index contributed by atoms with van der Waals surface area (Å²) in [6, 6.07) is 18.5. The second kappa shape index (κ2) is 9.68. The average Bonchev–Trinajstić information content (AvgIpc) is 2.75. The average molecular weight is 391 g/mol. The molecule has 0 atom stereocenters. The Bertz CT molecular complexity index is 1030. The van der Waals surface area contributed by atoms with Gasteiger partial charge in [0, 0.05) is 30.3 Å². The van der Waals surface area contributed by atoms with Crippen LogP contribution in [0.3, 0.4) is 0 Å². The summed E-state index contributed by atoms with van der Waals surface area (Å²) in [6.45, 7) is 2.46. The van der Waals surface area contributed by atoms with Gasteiger partial charge in [-0.05, 0) is 48.7 Å². The van der Waals surface area contributed by atoms with Crippen LogP contribution in [0.15, 0.2) is 65.5 Å². The van der Waals surface area contributed by atoms with Gasteiger partial charge >= 0.3 is 0 Å². The SMILES string of the molecule is CCc1ccc(NC(=O)CCCn2nc(-c3cccc(OC)c3)ccc2=O)cc1. The molecule has 0 saturated heterocycles. The Morgan fingerprint density at radius 1 is 1.10 bits per heavy atom. The van der Waals surface area contributed by atoms with Crippen LogP contribution in [0.1, 0.15) is 25.3 Å². The number of rotatable bonds is 8. The van der Waals surface area contributed by atoms with Gasteiger partial charge in [0.1, 0.15) is 5.75 Å². The van der Waals surface area contributed by atoms with E-state index < -0.39 is 0 Å². The van der Waals surface area contributed by atoms with Crippen LogP contribution in [0.2, 0.25) is 0 Å². The Kier molecular flexibility index (Phi) is 6.79. The van der Waals surface area contributed by atoms with Gasteiger partial charge in [0.2, 0.25) is 5.91 Å².